The number of aryl methyl sites for hydroxylation is 1. The SMILES string of the molecule is Cc1cc(NC(=O)c2cn(-c3ccccc3)nc2-c2ccccc2)ccc1-n1cnnn1. The molecule has 3 aromatic carbocycles. The Hall–Kier alpha value is -4.59. The lowest BCUT2D eigenvalue weighted by Crippen LogP contribution is -2.12. The lowest BCUT2D eigenvalue weighted by atomic mass is 10.1. The molecule has 0 bridgehead atoms. The van der Waals surface area contributed by atoms with Crippen LogP contribution in [0.5, 0.6) is 0 Å². The highest BCUT2D eigenvalue weighted by atomic mass is 16.1. The van der Waals surface area contributed by atoms with E-state index in [0.717, 1.165) is 22.5 Å². The number of hydrogen-bond acceptors (Lipinski definition) is 5. The standard InChI is InChI=1S/C24H19N7O/c1-17-14-19(12-13-22(17)31-16-25-28-29-31)26-24(32)21-15-30(20-10-6-3-7-11-20)27-23(21)18-8-4-2-5-9-18/h2-16H,1H3,(H,26,32). The van der Waals surface area contributed by atoms with Crippen LogP contribution in [0.15, 0.2) is 91.4 Å². The number of anilines is 1. The van der Waals surface area contributed by atoms with Crippen molar-refractivity contribution < 1.29 is 4.79 Å². The van der Waals surface area contributed by atoms with Crippen LogP contribution in [0.25, 0.3) is 22.6 Å². The molecule has 0 saturated carbocycles. The number of para-hydroxylation sites is 1. The van der Waals surface area contributed by atoms with E-state index < -0.39 is 0 Å². The highest BCUT2D eigenvalue weighted by Gasteiger charge is 2.19. The zero-order valence-corrected chi connectivity index (χ0v) is 17.3. The fraction of sp³-hybridized carbons (Fsp3) is 0.0417. The van der Waals surface area contributed by atoms with Crippen LogP contribution in [0, 0.1) is 6.92 Å². The van der Waals surface area contributed by atoms with E-state index >= 15 is 0 Å². The Morgan fingerprint density at radius 2 is 1.66 bits per heavy atom. The van der Waals surface area contributed by atoms with Crippen molar-refractivity contribution in [3.05, 3.63) is 103 Å². The topological polar surface area (TPSA) is 90.5 Å². The summed E-state index contributed by atoms with van der Waals surface area (Å²) in [7, 11) is 0. The van der Waals surface area contributed by atoms with E-state index in [1.165, 1.54) is 6.33 Å². The quantitative estimate of drug-likeness (QED) is 0.462. The van der Waals surface area contributed by atoms with Gasteiger partial charge in [0.05, 0.1) is 16.9 Å². The zero-order valence-electron chi connectivity index (χ0n) is 17.3. The normalized spacial score (nSPS) is 10.8. The molecule has 0 spiro atoms. The molecular formula is C24H19N7O. The molecule has 5 aromatic rings. The smallest absolute Gasteiger partial charge is 0.259 e. The summed E-state index contributed by atoms with van der Waals surface area (Å²) in [5.74, 6) is -0.236. The third-order valence-corrected chi connectivity index (χ3v) is 5.08. The first-order valence-corrected chi connectivity index (χ1v) is 10.0. The minimum absolute atomic E-state index is 0.236. The highest BCUT2D eigenvalue weighted by molar-refractivity contribution is 6.08. The Morgan fingerprint density at radius 1 is 0.906 bits per heavy atom. The van der Waals surface area contributed by atoms with Gasteiger partial charge in [0.15, 0.2) is 0 Å². The van der Waals surface area contributed by atoms with Crippen molar-refractivity contribution in [3.8, 4) is 22.6 Å². The second kappa shape index (κ2) is 8.27. The number of carbonyl (C=O) groups is 1. The largest absolute Gasteiger partial charge is 0.322 e. The van der Waals surface area contributed by atoms with Crippen LogP contribution in [0.2, 0.25) is 0 Å². The minimum Gasteiger partial charge on any atom is -0.322 e. The Labute approximate surface area is 184 Å². The lowest BCUT2D eigenvalue weighted by molar-refractivity contribution is 0.102. The monoisotopic (exact) mass is 421 g/mol. The molecule has 0 fully saturated rings. The molecule has 0 aliphatic heterocycles. The van der Waals surface area contributed by atoms with Gasteiger partial charge in [-0.1, -0.05) is 48.5 Å². The summed E-state index contributed by atoms with van der Waals surface area (Å²) in [6.45, 7) is 1.94. The van der Waals surface area contributed by atoms with Gasteiger partial charge >= 0.3 is 0 Å². The van der Waals surface area contributed by atoms with Crippen molar-refractivity contribution >= 4 is 11.6 Å². The van der Waals surface area contributed by atoms with Crippen LogP contribution in [0.1, 0.15) is 15.9 Å². The molecule has 0 unspecified atom stereocenters. The van der Waals surface area contributed by atoms with Crippen molar-refractivity contribution in [1.82, 2.24) is 30.0 Å². The summed E-state index contributed by atoms with van der Waals surface area (Å²) < 4.78 is 3.31. The zero-order chi connectivity index (χ0) is 21.9. The molecule has 0 aliphatic rings. The average molecular weight is 421 g/mol. The molecule has 5 rings (SSSR count). The number of nitrogens with zero attached hydrogens (tertiary/aromatic N) is 6. The number of nitrogens with one attached hydrogen (secondary N) is 1. The number of tetrazole rings is 1. The molecule has 1 N–H and O–H groups in total. The van der Waals surface area contributed by atoms with Gasteiger partial charge < -0.3 is 5.32 Å². The highest BCUT2D eigenvalue weighted by Crippen LogP contribution is 2.25. The van der Waals surface area contributed by atoms with E-state index in [1.54, 1.807) is 15.6 Å². The fourth-order valence-corrected chi connectivity index (χ4v) is 3.52. The molecule has 0 saturated heterocycles. The number of amides is 1. The van der Waals surface area contributed by atoms with Gasteiger partial charge in [0.1, 0.15) is 12.0 Å². The van der Waals surface area contributed by atoms with Gasteiger partial charge in [0.2, 0.25) is 0 Å². The first-order chi connectivity index (χ1) is 15.7. The lowest BCUT2D eigenvalue weighted by Gasteiger charge is -2.09. The van der Waals surface area contributed by atoms with E-state index in [1.807, 2.05) is 85.8 Å². The van der Waals surface area contributed by atoms with Crippen LogP contribution in [0.4, 0.5) is 5.69 Å². The Kier molecular flexibility index (Phi) is 5.01. The summed E-state index contributed by atoms with van der Waals surface area (Å²) in [4.78, 5) is 13.3. The summed E-state index contributed by atoms with van der Waals surface area (Å²) >= 11 is 0. The molecule has 1 amide bonds. The van der Waals surface area contributed by atoms with Crippen molar-refractivity contribution in [1.29, 1.82) is 0 Å². The van der Waals surface area contributed by atoms with Gasteiger partial charge in [-0.25, -0.2) is 9.36 Å². The van der Waals surface area contributed by atoms with Crippen molar-refractivity contribution in [2.45, 2.75) is 6.92 Å². The molecule has 0 atom stereocenters. The average Bonchev–Trinajstić information content (AvgIpc) is 3.51. The van der Waals surface area contributed by atoms with Gasteiger partial charge in [-0.15, -0.1) is 5.10 Å². The molecule has 8 nitrogen and oxygen atoms in total. The number of benzene rings is 3. The van der Waals surface area contributed by atoms with Crippen molar-refractivity contribution in [3.63, 3.8) is 0 Å². The first-order valence-electron chi connectivity index (χ1n) is 10.0. The molecule has 2 heterocycles. The van der Waals surface area contributed by atoms with Crippen LogP contribution < -0.4 is 5.32 Å². The van der Waals surface area contributed by atoms with E-state index in [0.29, 0.717) is 16.9 Å². The maximum atomic E-state index is 13.3. The van der Waals surface area contributed by atoms with Crippen LogP contribution >= 0.6 is 0 Å². The van der Waals surface area contributed by atoms with Crippen molar-refractivity contribution in [2.75, 3.05) is 5.32 Å². The predicted octanol–water partition coefficient (Wildman–Crippen LogP) is 4.08. The molecule has 8 heteroatoms. The first kappa shape index (κ1) is 19.4. The number of hydrogen-bond donors (Lipinski definition) is 1. The maximum absolute atomic E-state index is 13.3. The Morgan fingerprint density at radius 3 is 2.34 bits per heavy atom. The molecule has 2 aromatic heterocycles. The van der Waals surface area contributed by atoms with E-state index in [-0.39, 0.29) is 5.91 Å². The van der Waals surface area contributed by atoms with E-state index in [9.17, 15) is 4.79 Å². The summed E-state index contributed by atoms with van der Waals surface area (Å²) in [6.07, 6.45) is 3.29. The van der Waals surface area contributed by atoms with Crippen LogP contribution in [-0.4, -0.2) is 35.9 Å². The fourth-order valence-electron chi connectivity index (χ4n) is 3.52. The third-order valence-electron chi connectivity index (χ3n) is 5.08. The van der Waals surface area contributed by atoms with Crippen molar-refractivity contribution in [2.24, 2.45) is 0 Å². The predicted molar refractivity (Wildman–Crippen MR) is 121 cm³/mol. The maximum Gasteiger partial charge on any atom is 0.259 e. The van der Waals surface area contributed by atoms with E-state index in [4.69, 9.17) is 5.10 Å². The Balaban J connectivity index is 1.49. The molecular weight excluding hydrogens is 402 g/mol. The van der Waals surface area contributed by atoms with Gasteiger partial charge in [0, 0.05) is 17.4 Å². The second-order valence-electron chi connectivity index (χ2n) is 7.25. The number of aromatic nitrogens is 6. The molecule has 32 heavy (non-hydrogen) atoms. The minimum atomic E-state index is -0.236. The van der Waals surface area contributed by atoms with Gasteiger partial charge in [-0.05, 0) is 53.2 Å². The van der Waals surface area contributed by atoms with E-state index in [2.05, 4.69) is 20.8 Å². The van der Waals surface area contributed by atoms with Crippen LogP contribution in [-0.2, 0) is 0 Å². The van der Waals surface area contributed by atoms with Gasteiger partial charge in [-0.2, -0.15) is 5.10 Å². The Bertz CT molecular complexity index is 1360. The van der Waals surface area contributed by atoms with Crippen LogP contribution in [0.3, 0.4) is 0 Å². The summed E-state index contributed by atoms with van der Waals surface area (Å²) in [5, 5.41) is 19.0. The number of carbonyl (C=O) groups excluding carboxylic acids is 1. The molecule has 156 valence electrons. The second-order valence-corrected chi connectivity index (χ2v) is 7.25. The molecule has 0 radical (unpaired) electrons. The van der Waals surface area contributed by atoms with Gasteiger partial charge in [0.25, 0.3) is 5.91 Å². The molecule has 0 aliphatic carbocycles. The summed E-state index contributed by atoms with van der Waals surface area (Å²) in [6, 6.07) is 25.0. The summed E-state index contributed by atoms with van der Waals surface area (Å²) in [5.41, 5.74) is 5.31. The third kappa shape index (κ3) is 3.77. The number of rotatable bonds is 5. The van der Waals surface area contributed by atoms with Gasteiger partial charge in [-0.3, -0.25) is 4.79 Å².